The summed E-state index contributed by atoms with van der Waals surface area (Å²) in [6, 6.07) is 9.23. The summed E-state index contributed by atoms with van der Waals surface area (Å²) in [5.74, 6) is -1.33. The molecule has 2 heterocycles. The summed E-state index contributed by atoms with van der Waals surface area (Å²) in [7, 11) is 0. The first kappa shape index (κ1) is 13.7. The van der Waals surface area contributed by atoms with Crippen molar-refractivity contribution in [3.8, 4) is 0 Å². The van der Waals surface area contributed by atoms with Crippen LogP contribution < -0.4 is 4.90 Å². The minimum Gasteiger partial charge on any atom is -0.347 e. The molecule has 2 amide bonds. The van der Waals surface area contributed by atoms with Gasteiger partial charge in [0.15, 0.2) is 5.79 Å². The van der Waals surface area contributed by atoms with E-state index in [0.717, 1.165) is 6.42 Å². The first-order valence-corrected chi connectivity index (χ1v) is 8.27. The number of rotatable bonds is 1. The Labute approximate surface area is 134 Å². The Hall–Kier alpha value is -1.72. The molecule has 1 aromatic rings. The van der Waals surface area contributed by atoms with Gasteiger partial charge in [-0.15, -0.1) is 0 Å². The molecular formula is C18H19NO4. The quantitative estimate of drug-likeness (QED) is 0.744. The van der Waals surface area contributed by atoms with Crippen LogP contribution in [0.5, 0.6) is 0 Å². The molecular weight excluding hydrogens is 294 g/mol. The highest BCUT2D eigenvalue weighted by Crippen LogP contribution is 2.68. The van der Waals surface area contributed by atoms with Crippen molar-refractivity contribution in [3.63, 3.8) is 0 Å². The molecule has 2 aliphatic heterocycles. The number of carbonyl (C=O) groups is 2. The van der Waals surface area contributed by atoms with Crippen LogP contribution in [0.4, 0.5) is 5.69 Å². The van der Waals surface area contributed by atoms with Gasteiger partial charge in [0.2, 0.25) is 11.8 Å². The number of anilines is 1. The molecule has 5 heteroatoms. The van der Waals surface area contributed by atoms with Crippen molar-refractivity contribution >= 4 is 17.5 Å². The van der Waals surface area contributed by atoms with E-state index >= 15 is 0 Å². The van der Waals surface area contributed by atoms with E-state index in [9.17, 15) is 9.59 Å². The van der Waals surface area contributed by atoms with Gasteiger partial charge < -0.3 is 9.47 Å². The molecule has 1 spiro atoms. The second-order valence-corrected chi connectivity index (χ2v) is 7.50. The van der Waals surface area contributed by atoms with Crippen molar-refractivity contribution in [2.45, 2.75) is 25.6 Å². The van der Waals surface area contributed by atoms with Gasteiger partial charge in [-0.3, -0.25) is 14.5 Å². The number of ether oxygens (including phenoxy) is 2. The van der Waals surface area contributed by atoms with Crippen LogP contribution in [-0.4, -0.2) is 30.8 Å². The smallest absolute Gasteiger partial charge is 0.238 e. The second-order valence-electron chi connectivity index (χ2n) is 7.50. The fraction of sp³-hybridized carbons (Fsp3) is 0.556. The third kappa shape index (κ3) is 1.54. The monoisotopic (exact) mass is 313 g/mol. The minimum absolute atomic E-state index is 0.00911. The number of nitrogens with zero attached hydrogens (tertiary/aromatic N) is 1. The predicted octanol–water partition coefficient (Wildman–Crippen LogP) is 1.97. The van der Waals surface area contributed by atoms with Gasteiger partial charge in [0.25, 0.3) is 0 Å². The third-order valence-corrected chi connectivity index (χ3v) is 6.23. The molecule has 5 rings (SSSR count). The summed E-state index contributed by atoms with van der Waals surface area (Å²) in [6.07, 6.45) is 1.55. The zero-order valence-electron chi connectivity index (χ0n) is 13.0. The van der Waals surface area contributed by atoms with Crippen molar-refractivity contribution in [3.05, 3.63) is 30.3 Å². The summed E-state index contributed by atoms with van der Waals surface area (Å²) in [5.41, 5.74) is 0.456. The van der Waals surface area contributed by atoms with E-state index in [1.54, 1.807) is 0 Å². The van der Waals surface area contributed by atoms with Gasteiger partial charge in [0.1, 0.15) is 0 Å². The summed E-state index contributed by atoms with van der Waals surface area (Å²) in [4.78, 5) is 27.5. The van der Waals surface area contributed by atoms with E-state index in [1.165, 1.54) is 4.90 Å². The van der Waals surface area contributed by atoms with Crippen LogP contribution in [0.3, 0.4) is 0 Å². The number of para-hydroxylation sites is 1. The number of fused-ring (bicyclic) bond motifs is 6. The second kappa shape index (κ2) is 4.22. The zero-order chi connectivity index (χ0) is 15.8. The molecule has 0 N–H and O–H groups in total. The molecule has 4 fully saturated rings. The Morgan fingerprint density at radius 3 is 2.48 bits per heavy atom. The lowest BCUT2D eigenvalue weighted by molar-refractivity contribution is -0.211. The van der Waals surface area contributed by atoms with Crippen molar-refractivity contribution in [2.24, 2.45) is 23.2 Å². The van der Waals surface area contributed by atoms with E-state index in [0.29, 0.717) is 25.3 Å². The van der Waals surface area contributed by atoms with E-state index in [1.807, 2.05) is 30.3 Å². The lowest BCUT2D eigenvalue weighted by atomic mass is 9.70. The molecule has 0 unspecified atom stereocenters. The Balaban J connectivity index is 1.58. The van der Waals surface area contributed by atoms with Gasteiger partial charge in [0.05, 0.1) is 30.7 Å². The summed E-state index contributed by atoms with van der Waals surface area (Å²) in [5, 5.41) is 0. The predicted molar refractivity (Wildman–Crippen MR) is 81.4 cm³/mol. The molecule has 120 valence electrons. The molecule has 2 saturated heterocycles. The maximum atomic E-state index is 13.1. The van der Waals surface area contributed by atoms with E-state index in [4.69, 9.17) is 9.47 Å². The van der Waals surface area contributed by atoms with Gasteiger partial charge in [-0.2, -0.15) is 0 Å². The molecule has 2 bridgehead atoms. The maximum Gasteiger partial charge on any atom is 0.238 e. The number of hydrogen-bond donors (Lipinski definition) is 0. The van der Waals surface area contributed by atoms with Crippen LogP contribution >= 0.6 is 0 Å². The fourth-order valence-electron chi connectivity index (χ4n) is 5.51. The third-order valence-electron chi connectivity index (χ3n) is 6.23. The SMILES string of the molecule is C[C@]12C[C@H]([C@@H]3C(=O)N(c4ccccc4)C(=O)[C@H]31)C1(C2)OCCO1. The van der Waals surface area contributed by atoms with Crippen molar-refractivity contribution < 1.29 is 19.1 Å². The minimum atomic E-state index is -0.640. The average molecular weight is 313 g/mol. The Kier molecular flexibility index (Phi) is 2.51. The molecule has 1 aromatic carbocycles. The van der Waals surface area contributed by atoms with Crippen LogP contribution in [0.15, 0.2) is 30.3 Å². The van der Waals surface area contributed by atoms with Crippen LogP contribution in [0.25, 0.3) is 0 Å². The maximum absolute atomic E-state index is 13.1. The molecule has 5 nitrogen and oxygen atoms in total. The lowest BCUT2D eigenvalue weighted by Crippen LogP contribution is -2.47. The molecule has 2 aliphatic carbocycles. The molecule has 0 aromatic heterocycles. The standard InChI is InChI=1S/C18H19NO4/c1-17-9-12(18(10-17)22-7-8-23-18)13-14(17)16(21)19(15(13)20)11-5-3-2-4-6-11/h2-6,12-14H,7-10H2,1H3/t12-,13+,14+,17-/m1/s1. The number of imide groups is 1. The van der Waals surface area contributed by atoms with E-state index in [-0.39, 0.29) is 35.0 Å². The summed E-state index contributed by atoms with van der Waals surface area (Å²) < 4.78 is 11.9. The highest BCUT2D eigenvalue weighted by Gasteiger charge is 2.75. The lowest BCUT2D eigenvalue weighted by Gasteiger charge is -2.39. The summed E-state index contributed by atoms with van der Waals surface area (Å²) >= 11 is 0. The van der Waals surface area contributed by atoms with Gasteiger partial charge >= 0.3 is 0 Å². The van der Waals surface area contributed by atoms with Gasteiger partial charge in [0, 0.05) is 12.3 Å². The number of hydrogen-bond acceptors (Lipinski definition) is 4. The van der Waals surface area contributed by atoms with Crippen LogP contribution in [0.1, 0.15) is 19.8 Å². The molecule has 4 atom stereocenters. The van der Waals surface area contributed by atoms with Crippen molar-refractivity contribution in [2.75, 3.05) is 18.1 Å². The Bertz CT molecular complexity index is 696. The van der Waals surface area contributed by atoms with Crippen LogP contribution in [0.2, 0.25) is 0 Å². The Morgan fingerprint density at radius 1 is 1.09 bits per heavy atom. The topological polar surface area (TPSA) is 55.8 Å². The zero-order valence-corrected chi connectivity index (χ0v) is 13.0. The number of carbonyl (C=O) groups excluding carboxylic acids is 2. The average Bonchev–Trinajstić information content (AvgIpc) is 3.24. The van der Waals surface area contributed by atoms with Gasteiger partial charge in [-0.25, -0.2) is 0 Å². The van der Waals surface area contributed by atoms with Gasteiger partial charge in [-0.1, -0.05) is 25.1 Å². The highest BCUT2D eigenvalue weighted by atomic mass is 16.7. The van der Waals surface area contributed by atoms with Crippen molar-refractivity contribution in [1.29, 1.82) is 0 Å². The number of benzene rings is 1. The first-order valence-electron chi connectivity index (χ1n) is 8.27. The normalized spacial score (nSPS) is 40.4. The molecule has 23 heavy (non-hydrogen) atoms. The molecule has 0 radical (unpaired) electrons. The molecule has 2 saturated carbocycles. The van der Waals surface area contributed by atoms with E-state index in [2.05, 4.69) is 6.92 Å². The first-order chi connectivity index (χ1) is 11.1. The fourth-order valence-corrected chi connectivity index (χ4v) is 5.51. The van der Waals surface area contributed by atoms with Crippen LogP contribution in [0, 0.1) is 23.2 Å². The number of amides is 2. The van der Waals surface area contributed by atoms with Crippen molar-refractivity contribution in [1.82, 2.24) is 0 Å². The Morgan fingerprint density at radius 2 is 1.78 bits per heavy atom. The molecule has 4 aliphatic rings. The van der Waals surface area contributed by atoms with Crippen LogP contribution in [-0.2, 0) is 19.1 Å². The largest absolute Gasteiger partial charge is 0.347 e. The van der Waals surface area contributed by atoms with E-state index < -0.39 is 5.79 Å². The van der Waals surface area contributed by atoms with Gasteiger partial charge in [-0.05, 0) is 24.0 Å². The summed E-state index contributed by atoms with van der Waals surface area (Å²) in [6.45, 7) is 3.27. The highest BCUT2D eigenvalue weighted by molar-refractivity contribution is 6.22.